The van der Waals surface area contributed by atoms with Gasteiger partial charge in [-0.15, -0.1) is 0 Å². The van der Waals surface area contributed by atoms with Gasteiger partial charge in [-0.1, -0.05) is 0 Å². The number of nitrogens with one attached hydrogen (secondary N) is 1. The Balaban J connectivity index is 2.01. The van der Waals surface area contributed by atoms with Crippen molar-refractivity contribution in [1.29, 1.82) is 0 Å². The number of anilines is 1. The molecule has 0 saturated carbocycles. The van der Waals surface area contributed by atoms with Crippen LogP contribution in [0.5, 0.6) is 0 Å². The Kier molecular flexibility index (Phi) is 4.52. The summed E-state index contributed by atoms with van der Waals surface area (Å²) in [7, 11) is 0. The number of nitrogens with two attached hydrogens (primary N) is 1. The minimum Gasteiger partial charge on any atom is -0.456 e. The quantitative estimate of drug-likeness (QED) is 0.757. The molecule has 2 unspecified atom stereocenters. The van der Waals surface area contributed by atoms with Crippen LogP contribution in [0.4, 0.5) is 23.2 Å². The smallest absolute Gasteiger partial charge is 0.291 e. The number of hydrogen-bond donors (Lipinski definition) is 2. The summed E-state index contributed by atoms with van der Waals surface area (Å²) in [6.07, 6.45) is -1.24. The van der Waals surface area contributed by atoms with Crippen molar-refractivity contribution in [2.24, 2.45) is 10.7 Å². The van der Waals surface area contributed by atoms with Crippen molar-refractivity contribution < 1.29 is 26.8 Å². The zero-order valence-electron chi connectivity index (χ0n) is 15.4. The molecule has 3 N–H and O–H groups in total. The van der Waals surface area contributed by atoms with E-state index in [0.717, 1.165) is 26.0 Å². The number of nitrogens with zero attached hydrogens (tertiary/aromatic N) is 1. The minimum absolute atomic E-state index is 0.00745. The Morgan fingerprint density at radius 1 is 1.21 bits per heavy atom. The lowest BCUT2D eigenvalue weighted by Gasteiger charge is -2.42. The van der Waals surface area contributed by atoms with Gasteiger partial charge in [-0.05, 0) is 51.1 Å². The standard InChI is InChI=1S/C19H19F4N3O2/c1-10-4-7-14(28-10)15(27)25-11-5-6-13(20)12(8-11)18(3)19(22,23)9-17(2,21)16(24)26-18/h4-8H,9H2,1-3H3,(H2,24,26)(H,25,27). The molecule has 2 aromatic rings. The number of carbonyl (C=O) groups is 1. The van der Waals surface area contributed by atoms with E-state index in [1.54, 1.807) is 13.0 Å². The average Bonchev–Trinajstić information content (AvgIpc) is 3.01. The fourth-order valence-corrected chi connectivity index (χ4v) is 3.10. The predicted molar refractivity (Wildman–Crippen MR) is 95.8 cm³/mol. The fraction of sp³-hybridized carbons (Fsp3) is 0.368. The van der Waals surface area contributed by atoms with E-state index in [4.69, 9.17) is 10.2 Å². The lowest BCUT2D eigenvalue weighted by Crippen LogP contribution is -2.56. The third kappa shape index (κ3) is 3.25. The van der Waals surface area contributed by atoms with E-state index in [0.29, 0.717) is 5.76 Å². The predicted octanol–water partition coefficient (Wildman–Crippen LogP) is 4.32. The molecule has 2 atom stereocenters. The van der Waals surface area contributed by atoms with Crippen molar-refractivity contribution in [3.8, 4) is 0 Å². The normalized spacial score (nSPS) is 26.6. The Hall–Kier alpha value is -2.84. The van der Waals surface area contributed by atoms with Crippen LogP contribution in [0.2, 0.25) is 0 Å². The zero-order chi connectivity index (χ0) is 20.9. The number of aryl methyl sites for hydroxylation is 1. The molecule has 1 aliphatic rings. The van der Waals surface area contributed by atoms with Crippen LogP contribution in [0.1, 0.15) is 42.1 Å². The van der Waals surface area contributed by atoms with Crippen molar-refractivity contribution in [2.45, 2.75) is 44.3 Å². The van der Waals surface area contributed by atoms with Crippen LogP contribution >= 0.6 is 0 Å². The second kappa shape index (κ2) is 6.35. The monoisotopic (exact) mass is 397 g/mol. The number of amides is 1. The van der Waals surface area contributed by atoms with E-state index in [-0.39, 0.29) is 11.4 Å². The number of furan rings is 1. The number of halogens is 4. The van der Waals surface area contributed by atoms with Crippen molar-refractivity contribution in [2.75, 3.05) is 5.32 Å². The summed E-state index contributed by atoms with van der Waals surface area (Å²) in [6, 6.07) is 6.20. The van der Waals surface area contributed by atoms with E-state index in [1.165, 1.54) is 12.1 Å². The van der Waals surface area contributed by atoms with Crippen LogP contribution in [0, 0.1) is 12.7 Å². The summed E-state index contributed by atoms with van der Waals surface area (Å²) < 4.78 is 63.5. The average molecular weight is 397 g/mol. The van der Waals surface area contributed by atoms with E-state index in [1.807, 2.05) is 0 Å². The van der Waals surface area contributed by atoms with Gasteiger partial charge in [0.05, 0.1) is 6.42 Å². The van der Waals surface area contributed by atoms with Crippen molar-refractivity contribution in [1.82, 2.24) is 0 Å². The van der Waals surface area contributed by atoms with Gasteiger partial charge in [-0.25, -0.2) is 17.6 Å². The van der Waals surface area contributed by atoms with Crippen molar-refractivity contribution in [3.05, 3.63) is 53.2 Å². The van der Waals surface area contributed by atoms with Gasteiger partial charge in [0.25, 0.3) is 11.8 Å². The topological polar surface area (TPSA) is 80.6 Å². The van der Waals surface area contributed by atoms with Crippen LogP contribution in [0.3, 0.4) is 0 Å². The molecule has 3 rings (SSSR count). The maximum atomic E-state index is 14.8. The maximum absolute atomic E-state index is 14.8. The van der Waals surface area contributed by atoms with Gasteiger partial charge < -0.3 is 15.5 Å². The van der Waals surface area contributed by atoms with Crippen LogP contribution < -0.4 is 11.1 Å². The highest BCUT2D eigenvalue weighted by molar-refractivity contribution is 6.02. The Morgan fingerprint density at radius 2 is 1.89 bits per heavy atom. The van der Waals surface area contributed by atoms with Gasteiger partial charge >= 0.3 is 0 Å². The molecule has 0 saturated heterocycles. The molecule has 5 nitrogen and oxygen atoms in total. The summed E-state index contributed by atoms with van der Waals surface area (Å²) in [5.74, 6) is -5.45. The van der Waals surface area contributed by atoms with Crippen LogP contribution in [0.15, 0.2) is 39.7 Å². The molecule has 0 spiro atoms. The third-order valence-corrected chi connectivity index (χ3v) is 4.86. The molecule has 28 heavy (non-hydrogen) atoms. The number of hydrogen-bond acceptors (Lipinski definition) is 4. The first-order valence-corrected chi connectivity index (χ1v) is 8.46. The fourth-order valence-electron chi connectivity index (χ4n) is 3.10. The zero-order valence-corrected chi connectivity index (χ0v) is 15.4. The molecular weight excluding hydrogens is 378 g/mol. The molecule has 9 heteroatoms. The highest BCUT2D eigenvalue weighted by atomic mass is 19.3. The number of aliphatic imine (C=N–C) groups is 1. The molecule has 2 heterocycles. The highest BCUT2D eigenvalue weighted by Gasteiger charge is 2.60. The van der Waals surface area contributed by atoms with Gasteiger partial charge in [-0.2, -0.15) is 0 Å². The molecule has 1 aromatic heterocycles. The Bertz CT molecular complexity index is 968. The molecule has 1 aromatic carbocycles. The first-order chi connectivity index (χ1) is 12.9. The van der Waals surface area contributed by atoms with Gasteiger partial charge in [0.15, 0.2) is 17.0 Å². The molecule has 0 bridgehead atoms. The molecule has 0 aliphatic carbocycles. The molecular formula is C19H19F4N3O2. The van der Waals surface area contributed by atoms with E-state index < -0.39 is 46.7 Å². The van der Waals surface area contributed by atoms with Crippen molar-refractivity contribution in [3.63, 3.8) is 0 Å². The largest absolute Gasteiger partial charge is 0.456 e. The van der Waals surface area contributed by atoms with Gasteiger partial charge in [0.1, 0.15) is 17.4 Å². The molecule has 1 aliphatic heterocycles. The van der Waals surface area contributed by atoms with E-state index >= 15 is 0 Å². The summed E-state index contributed by atoms with van der Waals surface area (Å²) in [6.45, 7) is 3.53. The molecule has 0 radical (unpaired) electrons. The minimum atomic E-state index is -3.72. The maximum Gasteiger partial charge on any atom is 0.291 e. The number of rotatable bonds is 3. The number of alkyl halides is 3. The van der Waals surface area contributed by atoms with Crippen LogP contribution in [-0.2, 0) is 5.54 Å². The number of carbonyl (C=O) groups excluding carboxylic acids is 1. The lowest BCUT2D eigenvalue weighted by molar-refractivity contribution is -0.106. The summed E-state index contributed by atoms with van der Waals surface area (Å²) >= 11 is 0. The molecule has 0 fully saturated rings. The van der Waals surface area contributed by atoms with Crippen LogP contribution in [0.25, 0.3) is 0 Å². The SMILES string of the molecule is Cc1ccc(C(=O)Nc2ccc(F)c(C3(C)N=C(N)C(C)(F)CC3(F)F)c2)o1. The second-order valence-corrected chi connectivity index (χ2v) is 7.21. The van der Waals surface area contributed by atoms with Crippen LogP contribution in [-0.4, -0.2) is 23.3 Å². The summed E-state index contributed by atoms with van der Waals surface area (Å²) in [5, 5.41) is 2.45. The number of amidine groups is 1. The first-order valence-electron chi connectivity index (χ1n) is 8.46. The van der Waals surface area contributed by atoms with E-state index in [2.05, 4.69) is 10.3 Å². The second-order valence-electron chi connectivity index (χ2n) is 7.21. The van der Waals surface area contributed by atoms with E-state index in [9.17, 15) is 22.4 Å². The van der Waals surface area contributed by atoms with Gasteiger partial charge in [0.2, 0.25) is 0 Å². The Morgan fingerprint density at radius 3 is 2.50 bits per heavy atom. The number of benzene rings is 1. The third-order valence-electron chi connectivity index (χ3n) is 4.86. The molecule has 150 valence electrons. The van der Waals surface area contributed by atoms with Gasteiger partial charge in [-0.3, -0.25) is 9.79 Å². The Labute approximate surface area is 158 Å². The highest BCUT2D eigenvalue weighted by Crippen LogP contribution is 2.50. The molecule has 1 amide bonds. The first kappa shape index (κ1) is 19.9. The van der Waals surface area contributed by atoms with Gasteiger partial charge in [0, 0.05) is 11.3 Å². The van der Waals surface area contributed by atoms with Crippen molar-refractivity contribution >= 4 is 17.4 Å². The summed E-state index contributed by atoms with van der Waals surface area (Å²) in [4.78, 5) is 15.8. The summed E-state index contributed by atoms with van der Waals surface area (Å²) in [5.41, 5.74) is 0.125. The lowest BCUT2D eigenvalue weighted by atomic mass is 9.77.